The minimum absolute atomic E-state index is 0.265. The zero-order valence-corrected chi connectivity index (χ0v) is 16.0. The average Bonchev–Trinajstić information content (AvgIpc) is 3.10. The SMILES string of the molecule is CCCc1noc(C2CCN(c3ncnc4c(Br)cc(F)cc34)CC2)n1. The second-order valence-electron chi connectivity index (χ2n) is 6.54. The lowest BCUT2D eigenvalue weighted by Crippen LogP contribution is -2.33. The number of benzene rings is 1. The molecule has 1 saturated heterocycles. The van der Waals surface area contributed by atoms with E-state index in [1.165, 1.54) is 18.5 Å². The van der Waals surface area contributed by atoms with Crippen molar-refractivity contribution in [3.63, 3.8) is 0 Å². The minimum atomic E-state index is -0.301. The molecule has 0 radical (unpaired) electrons. The van der Waals surface area contributed by atoms with E-state index in [0.29, 0.717) is 4.47 Å². The molecule has 0 spiro atoms. The van der Waals surface area contributed by atoms with Gasteiger partial charge in [0.25, 0.3) is 0 Å². The highest BCUT2D eigenvalue weighted by Crippen LogP contribution is 2.33. The van der Waals surface area contributed by atoms with Crippen molar-refractivity contribution in [3.05, 3.63) is 40.5 Å². The molecule has 4 rings (SSSR count). The first-order valence-corrected chi connectivity index (χ1v) is 9.62. The number of piperidine rings is 1. The van der Waals surface area contributed by atoms with Crippen molar-refractivity contribution >= 4 is 32.7 Å². The third-order valence-electron chi connectivity index (χ3n) is 4.74. The quantitative estimate of drug-likeness (QED) is 0.629. The van der Waals surface area contributed by atoms with E-state index in [0.717, 1.165) is 67.2 Å². The molecule has 0 N–H and O–H groups in total. The molecule has 3 heterocycles. The van der Waals surface area contributed by atoms with Gasteiger partial charge in [-0.3, -0.25) is 0 Å². The summed E-state index contributed by atoms with van der Waals surface area (Å²) in [5, 5.41) is 4.77. The number of halogens is 2. The maximum atomic E-state index is 13.9. The Morgan fingerprint density at radius 1 is 1.27 bits per heavy atom. The van der Waals surface area contributed by atoms with Crippen molar-refractivity contribution in [2.24, 2.45) is 0 Å². The lowest BCUT2D eigenvalue weighted by Gasteiger charge is -2.31. The van der Waals surface area contributed by atoms with Gasteiger partial charge in [0, 0.05) is 35.3 Å². The van der Waals surface area contributed by atoms with Gasteiger partial charge >= 0.3 is 0 Å². The first kappa shape index (κ1) is 17.3. The van der Waals surface area contributed by atoms with Crippen LogP contribution in [0.4, 0.5) is 10.2 Å². The molecule has 2 aromatic heterocycles. The van der Waals surface area contributed by atoms with E-state index < -0.39 is 0 Å². The van der Waals surface area contributed by atoms with Crippen LogP contribution in [0.2, 0.25) is 0 Å². The summed E-state index contributed by atoms with van der Waals surface area (Å²) >= 11 is 3.38. The summed E-state index contributed by atoms with van der Waals surface area (Å²) in [5.41, 5.74) is 0.722. The Morgan fingerprint density at radius 3 is 2.85 bits per heavy atom. The molecule has 3 aromatic rings. The molecule has 8 heteroatoms. The molecule has 0 aliphatic carbocycles. The number of anilines is 1. The van der Waals surface area contributed by atoms with E-state index in [1.807, 2.05) is 0 Å². The van der Waals surface area contributed by atoms with Crippen molar-refractivity contribution < 1.29 is 8.91 Å². The van der Waals surface area contributed by atoms with Crippen molar-refractivity contribution in [3.8, 4) is 0 Å². The van der Waals surface area contributed by atoms with Crippen LogP contribution in [0.3, 0.4) is 0 Å². The minimum Gasteiger partial charge on any atom is -0.356 e. The van der Waals surface area contributed by atoms with Gasteiger partial charge in [0.15, 0.2) is 5.82 Å². The van der Waals surface area contributed by atoms with Gasteiger partial charge in [-0.2, -0.15) is 4.98 Å². The fourth-order valence-corrected chi connectivity index (χ4v) is 3.96. The molecular weight excluding hydrogens is 401 g/mol. The summed E-state index contributed by atoms with van der Waals surface area (Å²) in [5.74, 6) is 2.25. The molecular formula is C18H19BrFN5O. The Balaban J connectivity index is 1.54. The molecule has 0 bridgehead atoms. The van der Waals surface area contributed by atoms with Crippen LogP contribution in [0.25, 0.3) is 10.9 Å². The fourth-order valence-electron chi connectivity index (χ4n) is 3.43. The lowest BCUT2D eigenvalue weighted by molar-refractivity contribution is 0.326. The first-order valence-electron chi connectivity index (χ1n) is 8.83. The van der Waals surface area contributed by atoms with Crippen LogP contribution in [0.15, 0.2) is 27.5 Å². The predicted molar refractivity (Wildman–Crippen MR) is 99.7 cm³/mol. The Morgan fingerprint density at radius 2 is 2.08 bits per heavy atom. The van der Waals surface area contributed by atoms with E-state index in [-0.39, 0.29) is 11.7 Å². The molecule has 0 atom stereocenters. The molecule has 6 nitrogen and oxygen atoms in total. The summed E-state index contributed by atoms with van der Waals surface area (Å²) in [6.45, 7) is 3.70. The summed E-state index contributed by atoms with van der Waals surface area (Å²) < 4.78 is 19.9. The van der Waals surface area contributed by atoms with Gasteiger partial charge in [0.2, 0.25) is 5.89 Å². The molecule has 1 fully saturated rings. The number of nitrogens with zero attached hydrogens (tertiary/aromatic N) is 5. The second kappa shape index (κ2) is 7.26. The third-order valence-corrected chi connectivity index (χ3v) is 5.34. The number of rotatable bonds is 4. The van der Waals surface area contributed by atoms with Gasteiger partial charge in [-0.05, 0) is 47.3 Å². The normalized spacial score (nSPS) is 15.7. The number of aromatic nitrogens is 4. The van der Waals surface area contributed by atoms with Gasteiger partial charge in [0.1, 0.15) is 18.0 Å². The summed E-state index contributed by atoms with van der Waals surface area (Å²) in [4.78, 5) is 15.4. The van der Waals surface area contributed by atoms with Crippen molar-refractivity contribution in [2.45, 2.75) is 38.5 Å². The van der Waals surface area contributed by atoms with Crippen LogP contribution in [0.1, 0.15) is 43.8 Å². The Kier molecular flexibility index (Phi) is 4.84. The third kappa shape index (κ3) is 3.30. The van der Waals surface area contributed by atoms with Gasteiger partial charge < -0.3 is 9.42 Å². The number of fused-ring (bicyclic) bond motifs is 1. The van der Waals surface area contributed by atoms with Crippen LogP contribution in [0.5, 0.6) is 0 Å². The molecule has 136 valence electrons. The zero-order valence-electron chi connectivity index (χ0n) is 14.5. The highest BCUT2D eigenvalue weighted by molar-refractivity contribution is 9.10. The van der Waals surface area contributed by atoms with E-state index in [4.69, 9.17) is 4.52 Å². The molecule has 1 aliphatic heterocycles. The van der Waals surface area contributed by atoms with Crippen molar-refractivity contribution in [1.29, 1.82) is 0 Å². The van der Waals surface area contributed by atoms with Crippen LogP contribution in [-0.2, 0) is 6.42 Å². The van der Waals surface area contributed by atoms with E-state index in [1.54, 1.807) is 0 Å². The van der Waals surface area contributed by atoms with Gasteiger partial charge in [-0.1, -0.05) is 12.1 Å². The van der Waals surface area contributed by atoms with Gasteiger partial charge in [0.05, 0.1) is 5.52 Å². The first-order chi connectivity index (χ1) is 12.7. The fraction of sp³-hybridized carbons (Fsp3) is 0.444. The summed E-state index contributed by atoms with van der Waals surface area (Å²) in [6, 6.07) is 2.92. The van der Waals surface area contributed by atoms with Crippen molar-refractivity contribution in [1.82, 2.24) is 20.1 Å². The van der Waals surface area contributed by atoms with Gasteiger partial charge in [-0.25, -0.2) is 14.4 Å². The summed E-state index contributed by atoms with van der Waals surface area (Å²) in [6.07, 6.45) is 5.17. The molecule has 0 unspecified atom stereocenters. The summed E-state index contributed by atoms with van der Waals surface area (Å²) in [7, 11) is 0. The predicted octanol–water partition coefficient (Wildman–Crippen LogP) is 4.25. The second-order valence-corrected chi connectivity index (χ2v) is 7.40. The van der Waals surface area contributed by atoms with Crippen LogP contribution < -0.4 is 4.90 Å². The maximum absolute atomic E-state index is 13.9. The van der Waals surface area contributed by atoms with Crippen molar-refractivity contribution in [2.75, 3.05) is 18.0 Å². The van der Waals surface area contributed by atoms with Crippen LogP contribution in [-0.4, -0.2) is 33.2 Å². The van der Waals surface area contributed by atoms with E-state index in [9.17, 15) is 4.39 Å². The standard InChI is InChI=1S/C18H19BrFN5O/c1-2-3-15-23-18(26-24-15)11-4-6-25(7-5-11)17-13-8-12(20)9-14(19)16(13)21-10-22-17/h8-11H,2-7H2,1H3. The molecule has 26 heavy (non-hydrogen) atoms. The number of hydrogen-bond donors (Lipinski definition) is 0. The van der Waals surface area contributed by atoms with Crippen LogP contribution >= 0.6 is 15.9 Å². The van der Waals surface area contributed by atoms with E-state index >= 15 is 0 Å². The highest BCUT2D eigenvalue weighted by atomic mass is 79.9. The smallest absolute Gasteiger partial charge is 0.229 e. The van der Waals surface area contributed by atoms with Gasteiger partial charge in [-0.15, -0.1) is 0 Å². The molecule has 1 aliphatic rings. The largest absolute Gasteiger partial charge is 0.356 e. The number of hydrogen-bond acceptors (Lipinski definition) is 6. The Hall–Kier alpha value is -2.09. The Labute approximate surface area is 159 Å². The highest BCUT2D eigenvalue weighted by Gasteiger charge is 2.27. The maximum Gasteiger partial charge on any atom is 0.229 e. The average molecular weight is 420 g/mol. The zero-order chi connectivity index (χ0) is 18.1. The topological polar surface area (TPSA) is 67.9 Å². The monoisotopic (exact) mass is 419 g/mol. The Bertz CT molecular complexity index is 923. The molecule has 0 saturated carbocycles. The molecule has 1 aromatic carbocycles. The lowest BCUT2D eigenvalue weighted by atomic mass is 9.96. The number of aryl methyl sites for hydroxylation is 1. The van der Waals surface area contributed by atoms with Crippen LogP contribution in [0, 0.1) is 5.82 Å². The van der Waals surface area contributed by atoms with E-state index in [2.05, 4.69) is 47.9 Å². The molecule has 0 amide bonds.